The molecule has 1 aliphatic rings. The van der Waals surface area contributed by atoms with Crippen LogP contribution in [0.25, 0.3) is 23.0 Å². The van der Waals surface area contributed by atoms with Crippen LogP contribution in [0.5, 0.6) is 0 Å². The van der Waals surface area contributed by atoms with Gasteiger partial charge in [0.1, 0.15) is 0 Å². The zero-order chi connectivity index (χ0) is 21.1. The molecule has 0 saturated carbocycles. The monoisotopic (exact) mass is 421 g/mol. The fourth-order valence-electron chi connectivity index (χ4n) is 3.48. The van der Waals surface area contributed by atoms with Crippen molar-refractivity contribution in [2.24, 2.45) is 0 Å². The summed E-state index contributed by atoms with van der Waals surface area (Å²) >= 11 is 0. The maximum absolute atomic E-state index is 12.3. The first-order valence-corrected chi connectivity index (χ1v) is 11.6. The Balaban J connectivity index is 1.60. The van der Waals surface area contributed by atoms with Gasteiger partial charge in [-0.3, -0.25) is 4.79 Å². The second kappa shape index (κ2) is 8.28. The Bertz CT molecular complexity index is 1180. The Hall–Kier alpha value is -3.19. The van der Waals surface area contributed by atoms with E-state index in [9.17, 15) is 13.2 Å². The summed E-state index contributed by atoms with van der Waals surface area (Å²) in [6.45, 7) is 2.03. The fraction of sp³-hybridized carbons (Fsp3) is 0.217. The first-order valence-electron chi connectivity index (χ1n) is 9.81. The van der Waals surface area contributed by atoms with Gasteiger partial charge in [0.2, 0.25) is 5.91 Å². The molecule has 1 amide bonds. The van der Waals surface area contributed by atoms with E-state index < -0.39 is 9.84 Å². The molecule has 1 aliphatic heterocycles. The van der Waals surface area contributed by atoms with Crippen molar-refractivity contribution in [1.29, 1.82) is 0 Å². The molecule has 1 unspecified atom stereocenters. The molecule has 0 aliphatic carbocycles. The van der Waals surface area contributed by atoms with Crippen LogP contribution >= 0.6 is 0 Å². The maximum atomic E-state index is 12.3. The average molecular weight is 422 g/mol. The third kappa shape index (κ3) is 4.68. The van der Waals surface area contributed by atoms with Gasteiger partial charge in [0, 0.05) is 29.4 Å². The second-order valence-corrected chi connectivity index (χ2v) is 9.75. The number of amides is 1. The number of sulfone groups is 1. The zero-order valence-electron chi connectivity index (χ0n) is 16.7. The molecule has 1 N–H and O–H groups in total. The maximum Gasteiger partial charge on any atom is 0.244 e. The van der Waals surface area contributed by atoms with Crippen molar-refractivity contribution >= 4 is 21.8 Å². The molecule has 0 bridgehead atoms. The van der Waals surface area contributed by atoms with E-state index in [-0.39, 0.29) is 23.5 Å². The van der Waals surface area contributed by atoms with Crippen molar-refractivity contribution in [3.8, 4) is 16.9 Å². The van der Waals surface area contributed by atoms with Gasteiger partial charge in [0.15, 0.2) is 9.84 Å². The minimum atomic E-state index is -3.03. The number of benzene rings is 2. The lowest BCUT2D eigenvalue weighted by Gasteiger charge is -2.07. The molecule has 2 aromatic carbocycles. The standard InChI is InChI=1S/C23H23N3O3S/c1-17-7-9-18(10-8-17)23-19(15-26(25-23)21-5-3-2-4-6-21)11-12-22(27)24-20-13-14-30(28,29)16-20/h2-12,15,20H,13-14,16H2,1H3,(H,24,27)/b12-11+. The van der Waals surface area contributed by atoms with E-state index >= 15 is 0 Å². The number of hydrogen-bond acceptors (Lipinski definition) is 4. The van der Waals surface area contributed by atoms with Crippen LogP contribution in [0.15, 0.2) is 66.9 Å². The molecule has 2 heterocycles. The zero-order valence-corrected chi connectivity index (χ0v) is 17.5. The highest BCUT2D eigenvalue weighted by molar-refractivity contribution is 7.91. The number of aromatic nitrogens is 2. The van der Waals surface area contributed by atoms with Crippen LogP contribution in [0.2, 0.25) is 0 Å². The predicted molar refractivity (Wildman–Crippen MR) is 118 cm³/mol. The molecule has 6 nitrogen and oxygen atoms in total. The number of nitrogens with zero attached hydrogens (tertiary/aromatic N) is 2. The largest absolute Gasteiger partial charge is 0.349 e. The third-order valence-electron chi connectivity index (χ3n) is 5.08. The smallest absolute Gasteiger partial charge is 0.244 e. The van der Waals surface area contributed by atoms with E-state index in [1.165, 1.54) is 6.08 Å². The van der Waals surface area contributed by atoms with Crippen LogP contribution in [0.1, 0.15) is 17.5 Å². The number of hydrogen-bond donors (Lipinski definition) is 1. The lowest BCUT2D eigenvalue weighted by Crippen LogP contribution is -2.34. The molecule has 0 radical (unpaired) electrons. The summed E-state index contributed by atoms with van der Waals surface area (Å²) in [5, 5.41) is 7.51. The molecule has 7 heteroatoms. The van der Waals surface area contributed by atoms with Crippen LogP contribution < -0.4 is 5.32 Å². The topological polar surface area (TPSA) is 81.1 Å². The molecule has 1 fully saturated rings. The van der Waals surface area contributed by atoms with Crippen molar-refractivity contribution < 1.29 is 13.2 Å². The summed E-state index contributed by atoms with van der Waals surface area (Å²) in [7, 11) is -3.03. The molecule has 1 saturated heterocycles. The molecule has 4 rings (SSSR count). The summed E-state index contributed by atoms with van der Waals surface area (Å²) in [6.07, 6.45) is 5.51. The van der Waals surface area contributed by atoms with Gasteiger partial charge in [0.25, 0.3) is 0 Å². The van der Waals surface area contributed by atoms with Crippen LogP contribution in [0, 0.1) is 6.92 Å². The van der Waals surface area contributed by atoms with Gasteiger partial charge in [-0.25, -0.2) is 13.1 Å². The van der Waals surface area contributed by atoms with Gasteiger partial charge in [-0.2, -0.15) is 5.10 Å². The summed E-state index contributed by atoms with van der Waals surface area (Å²) < 4.78 is 25.0. The highest BCUT2D eigenvalue weighted by atomic mass is 32.2. The molecule has 30 heavy (non-hydrogen) atoms. The normalized spacial score (nSPS) is 18.0. The SMILES string of the molecule is Cc1ccc(-c2nn(-c3ccccc3)cc2/C=C/C(=O)NC2CCS(=O)(=O)C2)cc1. The van der Waals surface area contributed by atoms with E-state index in [4.69, 9.17) is 5.10 Å². The first kappa shape index (κ1) is 20.1. The fourth-order valence-corrected chi connectivity index (χ4v) is 5.15. The molecule has 1 atom stereocenters. The van der Waals surface area contributed by atoms with Crippen molar-refractivity contribution in [2.75, 3.05) is 11.5 Å². The van der Waals surface area contributed by atoms with Gasteiger partial charge in [-0.15, -0.1) is 0 Å². The van der Waals surface area contributed by atoms with Crippen LogP contribution in [-0.4, -0.2) is 41.7 Å². The Morgan fingerprint density at radius 1 is 1.13 bits per heavy atom. The van der Waals surface area contributed by atoms with Crippen LogP contribution in [0.4, 0.5) is 0 Å². The number of nitrogens with one attached hydrogen (secondary N) is 1. The lowest BCUT2D eigenvalue weighted by atomic mass is 10.1. The number of carbonyl (C=O) groups excluding carboxylic acids is 1. The molecule has 0 spiro atoms. The molecular formula is C23H23N3O3S. The summed E-state index contributed by atoms with van der Waals surface area (Å²) in [5.74, 6) is -0.171. The minimum absolute atomic E-state index is 0.00708. The highest BCUT2D eigenvalue weighted by Crippen LogP contribution is 2.25. The van der Waals surface area contributed by atoms with E-state index in [1.807, 2.05) is 67.7 Å². The molecule has 3 aromatic rings. The summed E-state index contributed by atoms with van der Waals surface area (Å²) in [5.41, 5.74) is 4.61. The molecular weight excluding hydrogens is 398 g/mol. The Labute approximate surface area is 176 Å². The Kier molecular flexibility index (Phi) is 5.55. The minimum Gasteiger partial charge on any atom is -0.349 e. The van der Waals surface area contributed by atoms with E-state index in [1.54, 1.807) is 10.8 Å². The highest BCUT2D eigenvalue weighted by Gasteiger charge is 2.28. The molecule has 154 valence electrons. The Morgan fingerprint density at radius 2 is 1.87 bits per heavy atom. The van der Waals surface area contributed by atoms with E-state index in [2.05, 4.69) is 5.32 Å². The first-order chi connectivity index (χ1) is 14.4. The van der Waals surface area contributed by atoms with Crippen molar-refractivity contribution in [2.45, 2.75) is 19.4 Å². The number of para-hydroxylation sites is 1. The summed E-state index contributed by atoms with van der Waals surface area (Å²) in [6, 6.07) is 17.5. The summed E-state index contributed by atoms with van der Waals surface area (Å²) in [4.78, 5) is 12.3. The third-order valence-corrected chi connectivity index (χ3v) is 6.85. The van der Waals surface area contributed by atoms with Gasteiger partial charge < -0.3 is 5.32 Å². The lowest BCUT2D eigenvalue weighted by molar-refractivity contribution is -0.116. The van der Waals surface area contributed by atoms with Crippen molar-refractivity contribution in [1.82, 2.24) is 15.1 Å². The van der Waals surface area contributed by atoms with Crippen molar-refractivity contribution in [3.05, 3.63) is 78.0 Å². The van der Waals surface area contributed by atoms with Crippen LogP contribution in [-0.2, 0) is 14.6 Å². The van der Waals surface area contributed by atoms with Gasteiger partial charge in [-0.1, -0.05) is 48.0 Å². The second-order valence-electron chi connectivity index (χ2n) is 7.52. The van der Waals surface area contributed by atoms with E-state index in [0.717, 1.165) is 28.1 Å². The average Bonchev–Trinajstić information content (AvgIpc) is 3.30. The van der Waals surface area contributed by atoms with Gasteiger partial charge in [-0.05, 0) is 31.6 Å². The number of carbonyl (C=O) groups is 1. The molecule has 1 aromatic heterocycles. The number of aryl methyl sites for hydroxylation is 1. The quantitative estimate of drug-likeness (QED) is 0.642. The van der Waals surface area contributed by atoms with Crippen LogP contribution in [0.3, 0.4) is 0 Å². The van der Waals surface area contributed by atoms with Gasteiger partial charge >= 0.3 is 0 Å². The Morgan fingerprint density at radius 3 is 2.53 bits per heavy atom. The number of rotatable bonds is 5. The van der Waals surface area contributed by atoms with E-state index in [0.29, 0.717) is 6.42 Å². The van der Waals surface area contributed by atoms with Crippen molar-refractivity contribution in [3.63, 3.8) is 0 Å². The van der Waals surface area contributed by atoms with Gasteiger partial charge in [0.05, 0.1) is 22.9 Å². The predicted octanol–water partition coefficient (Wildman–Crippen LogP) is 3.16.